The highest BCUT2D eigenvalue weighted by Crippen LogP contribution is 2.23. The summed E-state index contributed by atoms with van der Waals surface area (Å²) in [5, 5.41) is 2.87. The molecular weight excluding hydrogens is 376 g/mol. The highest BCUT2D eigenvalue weighted by atomic mass is 32.2. The normalized spacial score (nSPS) is 12.3. The number of carbonyl (C=O) groups is 1. The summed E-state index contributed by atoms with van der Waals surface area (Å²) in [6, 6.07) is 14.0. The summed E-state index contributed by atoms with van der Waals surface area (Å²) in [4.78, 5) is 12.8. The van der Waals surface area contributed by atoms with Crippen LogP contribution in [0.2, 0.25) is 0 Å². The van der Waals surface area contributed by atoms with E-state index in [4.69, 9.17) is 4.74 Å². The van der Waals surface area contributed by atoms with Gasteiger partial charge in [-0.05, 0) is 55.2 Å². The largest absolute Gasteiger partial charge is 0.497 e. The number of hydrogen-bond donors (Lipinski definition) is 1. The molecule has 1 unspecified atom stereocenters. The van der Waals surface area contributed by atoms with Gasteiger partial charge in [-0.15, -0.1) is 0 Å². The molecule has 2 aromatic carbocycles. The van der Waals surface area contributed by atoms with Crippen molar-refractivity contribution >= 4 is 21.6 Å². The Bertz CT molecular complexity index is 895. The van der Waals surface area contributed by atoms with E-state index >= 15 is 0 Å². The molecule has 1 atom stereocenters. The Morgan fingerprint density at radius 2 is 1.86 bits per heavy atom. The number of rotatable bonds is 9. The zero-order valence-electron chi connectivity index (χ0n) is 16.8. The molecule has 0 fully saturated rings. The van der Waals surface area contributed by atoms with Crippen LogP contribution in [-0.4, -0.2) is 40.3 Å². The molecule has 0 saturated heterocycles. The van der Waals surface area contributed by atoms with E-state index < -0.39 is 16.1 Å². The maximum absolute atomic E-state index is 12.8. The summed E-state index contributed by atoms with van der Waals surface area (Å²) < 4.78 is 31.2. The molecular formula is C21H28N2O4S. The van der Waals surface area contributed by atoms with Gasteiger partial charge in [-0.1, -0.05) is 31.2 Å². The molecule has 0 aliphatic rings. The van der Waals surface area contributed by atoms with Gasteiger partial charge in [0.05, 0.1) is 19.1 Å². The van der Waals surface area contributed by atoms with E-state index in [-0.39, 0.29) is 5.91 Å². The SMILES string of the molecule is CCC(C(=O)NCCc1ccc(OC)cc1)N(c1cccc(C)c1)S(C)(=O)=O. The zero-order valence-corrected chi connectivity index (χ0v) is 17.6. The monoisotopic (exact) mass is 404 g/mol. The average Bonchev–Trinajstić information content (AvgIpc) is 2.65. The van der Waals surface area contributed by atoms with E-state index in [1.54, 1.807) is 25.3 Å². The maximum Gasteiger partial charge on any atom is 0.243 e. The Morgan fingerprint density at radius 1 is 1.18 bits per heavy atom. The van der Waals surface area contributed by atoms with Gasteiger partial charge in [0.1, 0.15) is 11.8 Å². The molecule has 2 rings (SSSR count). The molecule has 2 aromatic rings. The van der Waals surface area contributed by atoms with Gasteiger partial charge in [0, 0.05) is 6.54 Å². The van der Waals surface area contributed by atoms with Gasteiger partial charge in [0.25, 0.3) is 0 Å². The minimum absolute atomic E-state index is 0.303. The summed E-state index contributed by atoms with van der Waals surface area (Å²) in [5.74, 6) is 0.476. The van der Waals surface area contributed by atoms with Crippen molar-refractivity contribution in [3.63, 3.8) is 0 Å². The summed E-state index contributed by atoms with van der Waals surface area (Å²) in [6.45, 7) is 4.12. The fraction of sp³-hybridized carbons (Fsp3) is 0.381. The minimum atomic E-state index is -3.62. The molecule has 0 spiro atoms. The second-order valence-electron chi connectivity index (χ2n) is 6.71. The van der Waals surface area contributed by atoms with E-state index in [1.807, 2.05) is 44.2 Å². The lowest BCUT2D eigenvalue weighted by atomic mass is 10.1. The number of benzene rings is 2. The van der Waals surface area contributed by atoms with Crippen LogP contribution in [0.25, 0.3) is 0 Å². The highest BCUT2D eigenvalue weighted by Gasteiger charge is 2.31. The number of ether oxygens (including phenoxy) is 1. The molecule has 28 heavy (non-hydrogen) atoms. The molecule has 0 aliphatic carbocycles. The first-order valence-corrected chi connectivity index (χ1v) is 11.1. The predicted octanol–water partition coefficient (Wildman–Crippen LogP) is 2.91. The number of nitrogens with zero attached hydrogens (tertiary/aromatic N) is 1. The van der Waals surface area contributed by atoms with Gasteiger partial charge >= 0.3 is 0 Å². The Labute approximate surface area is 167 Å². The van der Waals surface area contributed by atoms with Crippen LogP contribution in [-0.2, 0) is 21.2 Å². The van der Waals surface area contributed by atoms with Crippen molar-refractivity contribution in [1.82, 2.24) is 5.32 Å². The van der Waals surface area contributed by atoms with E-state index in [1.165, 1.54) is 4.31 Å². The maximum atomic E-state index is 12.8. The van der Waals surface area contributed by atoms with Crippen LogP contribution >= 0.6 is 0 Å². The fourth-order valence-electron chi connectivity index (χ4n) is 3.07. The van der Waals surface area contributed by atoms with Crippen LogP contribution in [0, 0.1) is 6.92 Å². The van der Waals surface area contributed by atoms with Gasteiger partial charge in [-0.3, -0.25) is 9.10 Å². The topological polar surface area (TPSA) is 75.7 Å². The lowest BCUT2D eigenvalue weighted by molar-refractivity contribution is -0.122. The van der Waals surface area contributed by atoms with E-state index in [2.05, 4.69) is 5.32 Å². The smallest absolute Gasteiger partial charge is 0.243 e. The number of amides is 1. The zero-order chi connectivity index (χ0) is 20.7. The minimum Gasteiger partial charge on any atom is -0.497 e. The number of nitrogens with one attached hydrogen (secondary N) is 1. The predicted molar refractivity (Wildman–Crippen MR) is 112 cm³/mol. The molecule has 0 saturated carbocycles. The summed E-state index contributed by atoms with van der Waals surface area (Å²) >= 11 is 0. The third-order valence-electron chi connectivity index (χ3n) is 4.46. The Balaban J connectivity index is 2.10. The van der Waals surface area contributed by atoms with Crippen molar-refractivity contribution in [2.45, 2.75) is 32.7 Å². The lowest BCUT2D eigenvalue weighted by Crippen LogP contribution is -2.49. The quantitative estimate of drug-likeness (QED) is 0.697. The Kier molecular flexibility index (Phi) is 7.45. The number of hydrogen-bond acceptors (Lipinski definition) is 4. The summed E-state index contributed by atoms with van der Waals surface area (Å²) in [5.41, 5.74) is 2.49. The molecule has 1 amide bonds. The van der Waals surface area contributed by atoms with Gasteiger partial charge in [0.2, 0.25) is 15.9 Å². The standard InChI is InChI=1S/C21H28N2O4S/c1-5-20(23(28(4,25)26)18-8-6-7-16(2)15-18)21(24)22-14-13-17-9-11-19(27-3)12-10-17/h6-12,15,20H,5,13-14H2,1-4H3,(H,22,24). The van der Waals surface area contributed by atoms with Crippen LogP contribution < -0.4 is 14.4 Å². The molecule has 7 heteroatoms. The summed E-state index contributed by atoms with van der Waals surface area (Å²) in [6.07, 6.45) is 2.15. The van der Waals surface area contributed by atoms with Crippen LogP contribution in [0.1, 0.15) is 24.5 Å². The first-order chi connectivity index (χ1) is 13.3. The number of aryl methyl sites for hydroxylation is 1. The second-order valence-corrected chi connectivity index (χ2v) is 8.57. The van der Waals surface area contributed by atoms with Crippen LogP contribution in [0.4, 0.5) is 5.69 Å². The summed E-state index contributed by atoms with van der Waals surface area (Å²) in [7, 11) is -2.00. The number of methoxy groups -OCH3 is 1. The van der Waals surface area contributed by atoms with Crippen molar-refractivity contribution in [2.75, 3.05) is 24.2 Å². The molecule has 152 valence electrons. The Hall–Kier alpha value is -2.54. The molecule has 0 aromatic heterocycles. The van der Waals surface area contributed by atoms with E-state index in [0.29, 0.717) is 25.1 Å². The molecule has 6 nitrogen and oxygen atoms in total. The third-order valence-corrected chi connectivity index (χ3v) is 5.64. The first-order valence-electron chi connectivity index (χ1n) is 9.23. The van der Waals surface area contributed by atoms with Crippen molar-refractivity contribution < 1.29 is 17.9 Å². The number of sulfonamides is 1. The molecule has 0 bridgehead atoms. The van der Waals surface area contributed by atoms with Gasteiger partial charge in [0.15, 0.2) is 0 Å². The molecule has 1 N–H and O–H groups in total. The molecule has 0 radical (unpaired) electrons. The van der Waals surface area contributed by atoms with Crippen molar-refractivity contribution in [1.29, 1.82) is 0 Å². The number of anilines is 1. The fourth-order valence-corrected chi connectivity index (χ4v) is 4.27. The Morgan fingerprint density at radius 3 is 2.39 bits per heavy atom. The average molecular weight is 405 g/mol. The van der Waals surface area contributed by atoms with Crippen LogP contribution in [0.3, 0.4) is 0 Å². The van der Waals surface area contributed by atoms with E-state index in [0.717, 1.165) is 23.1 Å². The van der Waals surface area contributed by atoms with Crippen LogP contribution in [0.5, 0.6) is 5.75 Å². The molecule has 0 aliphatic heterocycles. The third kappa shape index (κ3) is 5.73. The second kappa shape index (κ2) is 9.59. The van der Waals surface area contributed by atoms with Crippen molar-refractivity contribution in [3.8, 4) is 5.75 Å². The van der Waals surface area contributed by atoms with Crippen LogP contribution in [0.15, 0.2) is 48.5 Å². The lowest BCUT2D eigenvalue weighted by Gasteiger charge is -2.30. The van der Waals surface area contributed by atoms with Crippen molar-refractivity contribution in [3.05, 3.63) is 59.7 Å². The molecule has 0 heterocycles. The first kappa shape index (κ1) is 21.8. The highest BCUT2D eigenvalue weighted by molar-refractivity contribution is 7.92. The van der Waals surface area contributed by atoms with Gasteiger partial charge in [-0.25, -0.2) is 8.42 Å². The van der Waals surface area contributed by atoms with E-state index in [9.17, 15) is 13.2 Å². The van der Waals surface area contributed by atoms with Crippen molar-refractivity contribution in [2.24, 2.45) is 0 Å². The van der Waals surface area contributed by atoms with Gasteiger partial charge in [-0.2, -0.15) is 0 Å². The number of carbonyl (C=O) groups excluding carboxylic acids is 1. The van der Waals surface area contributed by atoms with Gasteiger partial charge < -0.3 is 10.1 Å².